The maximum absolute atomic E-state index is 11.2. The van der Waals surface area contributed by atoms with Crippen LogP contribution in [-0.2, 0) is 47.2 Å². The Balaban J connectivity index is 1.84. The fourth-order valence-electron chi connectivity index (χ4n) is 5.21. The topological polar surface area (TPSA) is 100 Å². The predicted octanol–water partition coefficient (Wildman–Crippen LogP) is 6.86. The van der Waals surface area contributed by atoms with Crippen molar-refractivity contribution in [3.8, 4) is 0 Å². The van der Waals surface area contributed by atoms with Gasteiger partial charge in [0.05, 0.1) is 19.8 Å². The molecule has 0 spiro atoms. The van der Waals surface area contributed by atoms with Crippen LogP contribution < -0.4 is 0 Å². The Morgan fingerprint density at radius 3 is 1.87 bits per heavy atom. The fourth-order valence-corrected chi connectivity index (χ4v) is 20.0. The second kappa shape index (κ2) is 20.4. The van der Waals surface area contributed by atoms with Crippen LogP contribution in [0, 0.1) is 0 Å². The van der Waals surface area contributed by atoms with Crippen molar-refractivity contribution in [1.82, 2.24) is 0 Å². The number of cyclic esters (lactones) is 2. The van der Waals surface area contributed by atoms with E-state index in [-0.39, 0.29) is 12.7 Å². The van der Waals surface area contributed by atoms with Gasteiger partial charge in [-0.05, 0) is 94.7 Å². The van der Waals surface area contributed by atoms with Gasteiger partial charge in [0.15, 0.2) is 22.7 Å². The molecule has 0 aromatic heterocycles. The van der Waals surface area contributed by atoms with E-state index in [1.54, 1.807) is 7.11 Å². The van der Waals surface area contributed by atoms with Gasteiger partial charge in [0.1, 0.15) is 6.61 Å². The minimum absolute atomic E-state index is 0.238. The van der Waals surface area contributed by atoms with Crippen molar-refractivity contribution in [2.24, 2.45) is 0 Å². The molecule has 3 unspecified atom stereocenters. The Hall–Kier alpha value is -0.922. The molecule has 3 atom stereocenters. The molecule has 1 aromatic rings. The summed E-state index contributed by atoms with van der Waals surface area (Å²) in [6.45, 7) is 17.1. The molecule has 0 radical (unpaired) electrons. The average molecular weight is 705 g/mol. The molecular formula is C31H60O10Si4. The van der Waals surface area contributed by atoms with Gasteiger partial charge in [0, 0.05) is 34.0 Å². The fraction of sp³-hybridized carbons (Fsp3) is 0.774. The predicted molar refractivity (Wildman–Crippen MR) is 186 cm³/mol. The van der Waals surface area contributed by atoms with Crippen LogP contribution >= 0.6 is 0 Å². The van der Waals surface area contributed by atoms with Gasteiger partial charge in [-0.15, -0.1) is 0 Å². The molecule has 10 nitrogen and oxygen atoms in total. The van der Waals surface area contributed by atoms with Gasteiger partial charge >= 0.3 is 23.3 Å². The maximum Gasteiger partial charge on any atom is 0.508 e. The number of carbonyl (C=O) groups is 1. The lowest BCUT2D eigenvalue weighted by Crippen LogP contribution is -2.56. The molecule has 45 heavy (non-hydrogen) atoms. The van der Waals surface area contributed by atoms with Crippen molar-refractivity contribution in [1.29, 1.82) is 0 Å². The number of benzene rings is 1. The molecule has 1 aliphatic heterocycles. The molecule has 0 N–H and O–H groups in total. The standard InChI is InChI=1S/C31H60O10Si4/c1-33-42(3,4)23-12-18-35-21-22-36-19-13-24-43(5,6)40-45(8,25-14-20-37-27-30-28-38-31(32)39-30)41-44(7,34-2)26-17-29-15-10-9-11-16-29/h9-11,15-16,30H,12-14,17-28H2,1-8H3. The highest BCUT2D eigenvalue weighted by Gasteiger charge is 2.45. The van der Waals surface area contributed by atoms with Gasteiger partial charge in [0.2, 0.25) is 0 Å². The minimum Gasteiger partial charge on any atom is -0.436 e. The van der Waals surface area contributed by atoms with E-state index in [4.69, 9.17) is 40.8 Å². The van der Waals surface area contributed by atoms with Gasteiger partial charge in [-0.25, -0.2) is 4.79 Å². The smallest absolute Gasteiger partial charge is 0.436 e. The minimum atomic E-state index is -2.64. The van der Waals surface area contributed by atoms with Crippen molar-refractivity contribution in [3.05, 3.63) is 35.9 Å². The molecule has 0 saturated carbocycles. The summed E-state index contributed by atoms with van der Waals surface area (Å²) in [6.07, 6.45) is 2.69. The summed E-state index contributed by atoms with van der Waals surface area (Å²) in [5.41, 5.74) is 1.28. The molecule has 14 heteroatoms. The van der Waals surface area contributed by atoms with E-state index >= 15 is 0 Å². The van der Waals surface area contributed by atoms with E-state index in [1.165, 1.54) is 5.56 Å². The lowest BCUT2D eigenvalue weighted by Gasteiger charge is -2.41. The van der Waals surface area contributed by atoms with Crippen LogP contribution in [0.1, 0.15) is 24.8 Å². The first kappa shape index (κ1) is 40.3. The summed E-state index contributed by atoms with van der Waals surface area (Å²) in [6, 6.07) is 14.2. The Labute approximate surface area is 276 Å². The summed E-state index contributed by atoms with van der Waals surface area (Å²) in [5.74, 6) is 0. The number of ether oxygens (including phenoxy) is 5. The van der Waals surface area contributed by atoms with E-state index in [9.17, 15) is 4.79 Å². The van der Waals surface area contributed by atoms with Gasteiger partial charge in [0.25, 0.3) is 0 Å². The molecule has 0 bridgehead atoms. The largest absolute Gasteiger partial charge is 0.508 e. The molecule has 1 heterocycles. The second-order valence-electron chi connectivity index (χ2n) is 13.3. The first-order valence-electron chi connectivity index (χ1n) is 16.4. The molecule has 0 amide bonds. The number of aryl methyl sites for hydroxylation is 1. The van der Waals surface area contributed by atoms with E-state index in [2.05, 4.69) is 63.5 Å². The van der Waals surface area contributed by atoms with Crippen molar-refractivity contribution in [3.63, 3.8) is 0 Å². The van der Waals surface area contributed by atoms with Crippen molar-refractivity contribution < 1.29 is 45.6 Å². The van der Waals surface area contributed by atoms with Crippen LogP contribution in [-0.4, -0.2) is 106 Å². The van der Waals surface area contributed by atoms with Crippen LogP contribution in [0.4, 0.5) is 4.79 Å². The quantitative estimate of drug-likeness (QED) is 0.0578. The van der Waals surface area contributed by atoms with Gasteiger partial charge in [-0.2, -0.15) is 0 Å². The number of hydrogen-bond donors (Lipinski definition) is 0. The van der Waals surface area contributed by atoms with Gasteiger partial charge in [-0.3, -0.25) is 0 Å². The van der Waals surface area contributed by atoms with Crippen LogP contribution in [0.15, 0.2) is 30.3 Å². The van der Waals surface area contributed by atoms with Gasteiger partial charge < -0.3 is 40.8 Å². The Bertz CT molecular complexity index is 958. The molecule has 1 saturated heterocycles. The normalized spacial score (nSPS) is 18.3. The Morgan fingerprint density at radius 2 is 1.29 bits per heavy atom. The Kier molecular flexibility index (Phi) is 18.3. The highest BCUT2D eigenvalue weighted by atomic mass is 28.5. The monoisotopic (exact) mass is 704 g/mol. The first-order valence-corrected chi connectivity index (χ1v) is 27.7. The average Bonchev–Trinajstić information content (AvgIpc) is 3.41. The Morgan fingerprint density at radius 1 is 0.689 bits per heavy atom. The lowest BCUT2D eigenvalue weighted by molar-refractivity contribution is 0.0457. The van der Waals surface area contributed by atoms with Crippen molar-refractivity contribution in [2.45, 2.75) is 95.2 Å². The van der Waals surface area contributed by atoms with E-state index in [0.29, 0.717) is 33.0 Å². The molecule has 1 aliphatic rings. The summed E-state index contributed by atoms with van der Waals surface area (Å²) < 4.78 is 53.1. The van der Waals surface area contributed by atoms with Crippen molar-refractivity contribution in [2.75, 3.05) is 60.5 Å². The molecule has 1 aromatic carbocycles. The first-order chi connectivity index (χ1) is 21.3. The summed E-state index contributed by atoms with van der Waals surface area (Å²) in [7, 11) is -5.16. The lowest BCUT2D eigenvalue weighted by atomic mass is 10.2. The molecule has 260 valence electrons. The third kappa shape index (κ3) is 17.7. The number of hydrogen-bond acceptors (Lipinski definition) is 10. The molecular weight excluding hydrogens is 645 g/mol. The maximum atomic E-state index is 11.2. The van der Waals surface area contributed by atoms with Crippen LogP contribution in [0.25, 0.3) is 0 Å². The van der Waals surface area contributed by atoms with Crippen molar-refractivity contribution >= 4 is 39.9 Å². The van der Waals surface area contributed by atoms with E-state index < -0.39 is 39.9 Å². The van der Waals surface area contributed by atoms with E-state index in [0.717, 1.165) is 56.5 Å². The molecule has 2 rings (SSSR count). The zero-order valence-corrected chi connectivity index (χ0v) is 33.2. The van der Waals surface area contributed by atoms with E-state index in [1.807, 2.05) is 13.2 Å². The molecule has 0 aliphatic carbocycles. The van der Waals surface area contributed by atoms with Gasteiger partial charge in [-0.1, -0.05) is 30.3 Å². The van der Waals surface area contributed by atoms with Crippen LogP contribution in [0.2, 0.25) is 63.5 Å². The SMILES string of the molecule is CO[Si](C)(C)CCCOCCOCCC[Si](C)(C)O[Si](C)(CCCOCC1COC(=O)O1)O[Si](C)(CCc1ccccc1)OC. The van der Waals surface area contributed by atoms with Crippen LogP contribution in [0.3, 0.4) is 0 Å². The third-order valence-electron chi connectivity index (χ3n) is 8.00. The second-order valence-corrected chi connectivity index (χ2v) is 29.3. The number of carbonyl (C=O) groups excluding carboxylic acids is 1. The summed E-state index contributed by atoms with van der Waals surface area (Å²) in [4.78, 5) is 11.2. The highest BCUT2D eigenvalue weighted by Crippen LogP contribution is 2.30. The third-order valence-corrected chi connectivity index (χ3v) is 22.9. The zero-order chi connectivity index (χ0) is 33.2. The summed E-state index contributed by atoms with van der Waals surface area (Å²) >= 11 is 0. The zero-order valence-electron chi connectivity index (χ0n) is 29.2. The number of rotatable bonds is 26. The van der Waals surface area contributed by atoms with Crippen LogP contribution in [0.5, 0.6) is 0 Å². The summed E-state index contributed by atoms with van der Waals surface area (Å²) in [5, 5.41) is 0. The molecule has 1 fully saturated rings. The highest BCUT2D eigenvalue weighted by molar-refractivity contribution is 6.87.